The highest BCUT2D eigenvalue weighted by atomic mass is 16.7. The zero-order valence-corrected chi connectivity index (χ0v) is 17.2. The first-order chi connectivity index (χ1) is 14.1. The number of rotatable bonds is 6. The molecular formula is C22H26N2O6. The maximum Gasteiger partial charge on any atom is 0.516 e. The van der Waals surface area contributed by atoms with E-state index in [1.807, 2.05) is 6.07 Å². The lowest BCUT2D eigenvalue weighted by Gasteiger charge is -2.19. The molecule has 3 N–H and O–H groups in total. The molecule has 0 aliphatic heterocycles. The van der Waals surface area contributed by atoms with Crippen molar-refractivity contribution in [3.05, 3.63) is 65.7 Å². The molecule has 0 fully saturated rings. The van der Waals surface area contributed by atoms with Gasteiger partial charge < -0.3 is 19.9 Å². The van der Waals surface area contributed by atoms with Crippen molar-refractivity contribution in [3.63, 3.8) is 0 Å². The van der Waals surface area contributed by atoms with Crippen molar-refractivity contribution in [3.8, 4) is 0 Å². The SMILES string of the molecule is CC(C)(C)OC(=O)Nc1cccc(C[C@H](N)C(=O)OC(=O)OCc2ccccc2)c1. The number of hydrogen-bond donors (Lipinski definition) is 2. The van der Waals surface area contributed by atoms with Gasteiger partial charge in [0.05, 0.1) is 0 Å². The quantitative estimate of drug-likeness (QED) is 0.545. The van der Waals surface area contributed by atoms with Crippen molar-refractivity contribution in [1.29, 1.82) is 0 Å². The summed E-state index contributed by atoms with van der Waals surface area (Å²) in [4.78, 5) is 35.6. The van der Waals surface area contributed by atoms with Gasteiger partial charge in [0.1, 0.15) is 18.2 Å². The zero-order valence-electron chi connectivity index (χ0n) is 17.2. The summed E-state index contributed by atoms with van der Waals surface area (Å²) in [6.07, 6.45) is -1.60. The largest absolute Gasteiger partial charge is 0.516 e. The molecule has 0 spiro atoms. The monoisotopic (exact) mass is 414 g/mol. The van der Waals surface area contributed by atoms with Crippen LogP contribution in [0.25, 0.3) is 0 Å². The van der Waals surface area contributed by atoms with Crippen LogP contribution >= 0.6 is 0 Å². The fourth-order valence-electron chi connectivity index (χ4n) is 2.44. The van der Waals surface area contributed by atoms with E-state index in [2.05, 4.69) is 10.1 Å². The van der Waals surface area contributed by atoms with Gasteiger partial charge in [-0.2, -0.15) is 0 Å². The predicted molar refractivity (Wildman–Crippen MR) is 111 cm³/mol. The minimum atomic E-state index is -1.11. The Kier molecular flexibility index (Phi) is 7.94. The van der Waals surface area contributed by atoms with Crippen molar-refractivity contribution < 1.29 is 28.6 Å². The molecule has 0 aliphatic carbocycles. The second-order valence-electron chi connectivity index (χ2n) is 7.58. The first-order valence-corrected chi connectivity index (χ1v) is 9.39. The first kappa shape index (κ1) is 22.9. The van der Waals surface area contributed by atoms with Gasteiger partial charge in [-0.25, -0.2) is 14.4 Å². The summed E-state index contributed by atoms with van der Waals surface area (Å²) in [5, 5.41) is 2.61. The van der Waals surface area contributed by atoms with Crippen molar-refractivity contribution in [2.45, 2.75) is 45.4 Å². The van der Waals surface area contributed by atoms with E-state index in [1.165, 1.54) is 0 Å². The van der Waals surface area contributed by atoms with E-state index in [0.29, 0.717) is 11.3 Å². The van der Waals surface area contributed by atoms with Crippen molar-refractivity contribution >= 4 is 23.9 Å². The minimum Gasteiger partial charge on any atom is -0.444 e. The van der Waals surface area contributed by atoms with E-state index in [-0.39, 0.29) is 13.0 Å². The molecule has 0 aromatic heterocycles. The number of anilines is 1. The second-order valence-corrected chi connectivity index (χ2v) is 7.58. The Morgan fingerprint density at radius 2 is 1.67 bits per heavy atom. The second kappa shape index (κ2) is 10.4. The number of carbonyl (C=O) groups excluding carboxylic acids is 3. The van der Waals surface area contributed by atoms with Gasteiger partial charge in [0.2, 0.25) is 0 Å². The Hall–Kier alpha value is -3.39. The number of ether oxygens (including phenoxy) is 3. The molecule has 0 saturated carbocycles. The third-order valence-electron chi connectivity index (χ3n) is 3.71. The van der Waals surface area contributed by atoms with E-state index in [4.69, 9.17) is 15.2 Å². The molecule has 2 aromatic carbocycles. The van der Waals surface area contributed by atoms with Crippen LogP contribution in [0.1, 0.15) is 31.9 Å². The number of benzene rings is 2. The maximum absolute atomic E-state index is 12.1. The highest BCUT2D eigenvalue weighted by Gasteiger charge is 2.21. The fourth-order valence-corrected chi connectivity index (χ4v) is 2.44. The number of hydrogen-bond acceptors (Lipinski definition) is 7. The van der Waals surface area contributed by atoms with Gasteiger partial charge in [-0.1, -0.05) is 42.5 Å². The molecule has 8 nitrogen and oxygen atoms in total. The molecule has 8 heteroatoms. The lowest BCUT2D eigenvalue weighted by Crippen LogP contribution is -2.35. The van der Waals surface area contributed by atoms with Gasteiger partial charge in [0, 0.05) is 5.69 Å². The zero-order chi connectivity index (χ0) is 22.1. The summed E-state index contributed by atoms with van der Waals surface area (Å²) in [7, 11) is 0. The van der Waals surface area contributed by atoms with E-state index >= 15 is 0 Å². The van der Waals surface area contributed by atoms with Crippen molar-refractivity contribution in [2.75, 3.05) is 5.32 Å². The van der Waals surface area contributed by atoms with Crippen LogP contribution in [-0.2, 0) is 32.0 Å². The molecule has 30 heavy (non-hydrogen) atoms. The normalized spacial score (nSPS) is 11.9. The van der Waals surface area contributed by atoms with Crippen LogP contribution in [0.5, 0.6) is 0 Å². The molecular weight excluding hydrogens is 388 g/mol. The minimum absolute atomic E-state index is 0.0133. The molecule has 0 aliphatic rings. The summed E-state index contributed by atoms with van der Waals surface area (Å²) in [6, 6.07) is 14.7. The summed E-state index contributed by atoms with van der Waals surface area (Å²) >= 11 is 0. The molecule has 2 aromatic rings. The number of nitrogens with one attached hydrogen (secondary N) is 1. The summed E-state index contributed by atoms with van der Waals surface area (Å²) in [5.74, 6) is -0.904. The Morgan fingerprint density at radius 3 is 2.33 bits per heavy atom. The van der Waals surface area contributed by atoms with E-state index in [0.717, 1.165) is 5.56 Å². The molecule has 0 unspecified atom stereocenters. The lowest BCUT2D eigenvalue weighted by atomic mass is 10.1. The van der Waals surface area contributed by atoms with Gasteiger partial charge in [-0.05, 0) is 50.5 Å². The average Bonchev–Trinajstić information content (AvgIpc) is 2.66. The van der Waals surface area contributed by atoms with Crippen LogP contribution in [0.2, 0.25) is 0 Å². The van der Waals surface area contributed by atoms with Crippen molar-refractivity contribution in [2.24, 2.45) is 5.73 Å². The standard InChI is InChI=1S/C22H26N2O6/c1-22(2,3)30-20(26)24-17-11-7-10-16(12-17)13-18(23)19(25)29-21(27)28-14-15-8-5-4-6-9-15/h4-12,18H,13-14,23H2,1-3H3,(H,24,26)/t18-/m0/s1. The van der Waals surface area contributed by atoms with Crippen LogP contribution in [0.15, 0.2) is 54.6 Å². The first-order valence-electron chi connectivity index (χ1n) is 9.39. The smallest absolute Gasteiger partial charge is 0.444 e. The van der Waals surface area contributed by atoms with Crippen molar-refractivity contribution in [1.82, 2.24) is 0 Å². The van der Waals surface area contributed by atoms with Gasteiger partial charge in [0.15, 0.2) is 0 Å². The van der Waals surface area contributed by atoms with Gasteiger partial charge >= 0.3 is 18.2 Å². The third kappa shape index (κ3) is 8.32. The van der Waals surface area contributed by atoms with Gasteiger partial charge in [0.25, 0.3) is 0 Å². The lowest BCUT2D eigenvalue weighted by molar-refractivity contribution is -0.141. The van der Waals surface area contributed by atoms with Crippen LogP contribution in [-0.4, -0.2) is 29.9 Å². The molecule has 2 rings (SSSR count). The summed E-state index contributed by atoms with van der Waals surface area (Å²) < 4.78 is 14.7. The Balaban J connectivity index is 1.84. The van der Waals surface area contributed by atoms with E-state index < -0.39 is 29.9 Å². The molecule has 1 atom stereocenters. The molecule has 0 heterocycles. The summed E-state index contributed by atoms with van der Waals surface area (Å²) in [5.41, 5.74) is 7.15. The predicted octanol–water partition coefficient (Wildman–Crippen LogP) is 3.78. The molecule has 0 saturated heterocycles. The summed E-state index contributed by atoms with van der Waals surface area (Å²) in [6.45, 7) is 5.27. The average molecular weight is 414 g/mol. The topological polar surface area (TPSA) is 117 Å². The molecule has 1 amide bonds. The van der Waals surface area contributed by atoms with Gasteiger partial charge in [-0.3, -0.25) is 5.32 Å². The number of carbonyl (C=O) groups is 3. The van der Waals surface area contributed by atoms with Crippen LogP contribution < -0.4 is 11.1 Å². The Bertz CT molecular complexity index is 877. The number of esters is 1. The highest BCUT2D eigenvalue weighted by molar-refractivity contribution is 5.86. The Morgan fingerprint density at radius 1 is 1.00 bits per heavy atom. The van der Waals surface area contributed by atoms with Gasteiger partial charge in [-0.15, -0.1) is 0 Å². The third-order valence-corrected chi connectivity index (χ3v) is 3.71. The van der Waals surface area contributed by atoms with E-state index in [1.54, 1.807) is 69.3 Å². The fraction of sp³-hybridized carbons (Fsp3) is 0.318. The molecule has 0 bridgehead atoms. The molecule has 0 radical (unpaired) electrons. The van der Waals surface area contributed by atoms with Crippen LogP contribution in [0.3, 0.4) is 0 Å². The highest BCUT2D eigenvalue weighted by Crippen LogP contribution is 2.15. The van der Waals surface area contributed by atoms with E-state index in [9.17, 15) is 14.4 Å². The maximum atomic E-state index is 12.1. The number of amides is 1. The molecule has 160 valence electrons. The Labute approximate surface area is 175 Å². The van der Waals surface area contributed by atoms with Crippen LogP contribution in [0.4, 0.5) is 15.3 Å². The number of nitrogens with two attached hydrogens (primary N) is 1. The van der Waals surface area contributed by atoms with Crippen LogP contribution in [0, 0.1) is 0 Å².